The Morgan fingerprint density at radius 3 is 2.41 bits per heavy atom. The van der Waals surface area contributed by atoms with Crippen LogP contribution in [-0.4, -0.2) is 93.1 Å². The van der Waals surface area contributed by atoms with Crippen molar-refractivity contribution in [2.45, 2.75) is 6.42 Å². The zero-order chi connectivity index (χ0) is 25.9. The fraction of sp³-hybridized carbons (Fsp3) is 0.444. The van der Waals surface area contributed by atoms with Crippen molar-refractivity contribution in [2.75, 3.05) is 76.8 Å². The summed E-state index contributed by atoms with van der Waals surface area (Å²) in [6.45, 7) is 6.59. The van der Waals surface area contributed by atoms with Crippen molar-refractivity contribution in [1.29, 1.82) is 5.26 Å². The van der Waals surface area contributed by atoms with Gasteiger partial charge >= 0.3 is 0 Å². The largest absolute Gasteiger partial charge is 0.379 e. The van der Waals surface area contributed by atoms with Gasteiger partial charge in [0.25, 0.3) is 5.91 Å². The van der Waals surface area contributed by atoms with Crippen molar-refractivity contribution in [2.24, 2.45) is 0 Å². The number of nitriles is 1. The van der Waals surface area contributed by atoms with Crippen molar-refractivity contribution in [3.63, 3.8) is 0 Å². The third-order valence-corrected chi connectivity index (χ3v) is 7.32. The van der Waals surface area contributed by atoms with Crippen LogP contribution in [0, 0.1) is 11.3 Å². The highest BCUT2D eigenvalue weighted by molar-refractivity contribution is 8.03. The van der Waals surface area contributed by atoms with Gasteiger partial charge in [-0.3, -0.25) is 14.5 Å². The molecule has 0 aliphatic carbocycles. The predicted molar refractivity (Wildman–Crippen MR) is 145 cm³/mol. The summed E-state index contributed by atoms with van der Waals surface area (Å²) < 4.78 is 10.7. The number of amides is 2. The molecule has 2 heterocycles. The zero-order valence-electron chi connectivity index (χ0n) is 20.9. The first-order valence-corrected chi connectivity index (χ1v) is 13.6. The number of ether oxygens (including phenoxy) is 2. The maximum atomic E-state index is 13.1. The second kappa shape index (κ2) is 14.0. The molecule has 2 aliphatic heterocycles. The summed E-state index contributed by atoms with van der Waals surface area (Å²) in [5, 5.41) is 18.7. The van der Waals surface area contributed by atoms with E-state index in [9.17, 15) is 14.9 Å². The summed E-state index contributed by atoms with van der Waals surface area (Å²) in [6, 6.07) is 15.8. The van der Waals surface area contributed by atoms with E-state index in [1.54, 1.807) is 4.90 Å². The number of morpholine rings is 2. The molecule has 0 radical (unpaired) electrons. The van der Waals surface area contributed by atoms with Crippen LogP contribution in [0.1, 0.15) is 6.42 Å². The molecule has 0 saturated carbocycles. The number of benzene rings is 2. The van der Waals surface area contributed by atoms with Crippen molar-refractivity contribution in [3.05, 3.63) is 53.1 Å². The first kappa shape index (κ1) is 26.9. The SMILES string of the molecule is N#CC(C(=O)N1CCOCC1)=C(NCCCN1CCOCC1)SCC(=O)Nc1ccc2ccccc2c1. The molecule has 2 N–H and O–H groups in total. The number of hydrogen-bond acceptors (Lipinski definition) is 8. The summed E-state index contributed by atoms with van der Waals surface area (Å²) >= 11 is 1.19. The highest BCUT2D eigenvalue weighted by Gasteiger charge is 2.24. The third kappa shape index (κ3) is 7.94. The van der Waals surface area contributed by atoms with Crippen LogP contribution in [0.15, 0.2) is 53.1 Å². The van der Waals surface area contributed by atoms with Crippen LogP contribution in [0.5, 0.6) is 0 Å². The molecule has 2 amide bonds. The fourth-order valence-electron chi connectivity index (χ4n) is 4.26. The standard InChI is InChI=1S/C27H33N5O4S/c28-19-24(27(34)32-12-16-36-17-13-32)26(29-8-3-9-31-10-14-35-15-11-31)37-20-25(33)30-23-7-6-21-4-1-2-5-22(21)18-23/h1-2,4-7,18,29H,3,8-17,20H2,(H,30,33). The molecule has 196 valence electrons. The van der Waals surface area contributed by atoms with Gasteiger partial charge in [-0.1, -0.05) is 42.1 Å². The normalized spacial score (nSPS) is 17.1. The molecule has 2 aliphatic rings. The van der Waals surface area contributed by atoms with Gasteiger partial charge in [0.1, 0.15) is 11.6 Å². The minimum absolute atomic E-state index is 0.0387. The lowest BCUT2D eigenvalue weighted by Gasteiger charge is -2.27. The van der Waals surface area contributed by atoms with E-state index < -0.39 is 0 Å². The Labute approximate surface area is 221 Å². The van der Waals surface area contributed by atoms with Crippen LogP contribution in [0.25, 0.3) is 10.8 Å². The molecule has 10 heteroatoms. The minimum atomic E-state index is -0.330. The van der Waals surface area contributed by atoms with E-state index in [-0.39, 0.29) is 23.1 Å². The average Bonchev–Trinajstić information content (AvgIpc) is 2.94. The summed E-state index contributed by atoms with van der Waals surface area (Å²) in [5.74, 6) is -0.465. The number of anilines is 1. The summed E-state index contributed by atoms with van der Waals surface area (Å²) in [6.07, 6.45) is 0.845. The van der Waals surface area contributed by atoms with Gasteiger partial charge < -0.3 is 25.0 Å². The Balaban J connectivity index is 1.39. The van der Waals surface area contributed by atoms with E-state index in [0.717, 1.165) is 50.0 Å². The molecule has 2 aromatic carbocycles. The average molecular weight is 524 g/mol. The maximum Gasteiger partial charge on any atom is 0.267 e. The number of thioether (sulfide) groups is 1. The number of carbonyl (C=O) groups excluding carboxylic acids is 2. The molecule has 2 aromatic rings. The second-order valence-electron chi connectivity index (χ2n) is 8.85. The quantitative estimate of drug-likeness (QED) is 0.278. The van der Waals surface area contributed by atoms with E-state index in [4.69, 9.17) is 9.47 Å². The molecule has 0 bridgehead atoms. The molecule has 0 aromatic heterocycles. The van der Waals surface area contributed by atoms with Crippen LogP contribution in [0.2, 0.25) is 0 Å². The van der Waals surface area contributed by atoms with Crippen molar-refractivity contribution in [1.82, 2.24) is 15.1 Å². The molecular formula is C27H33N5O4S. The molecule has 2 saturated heterocycles. The van der Waals surface area contributed by atoms with Crippen LogP contribution in [0.4, 0.5) is 5.69 Å². The maximum absolute atomic E-state index is 13.1. The third-order valence-electron chi connectivity index (χ3n) is 6.27. The number of nitrogens with zero attached hydrogens (tertiary/aromatic N) is 3. The highest BCUT2D eigenvalue weighted by Crippen LogP contribution is 2.22. The lowest BCUT2D eigenvalue weighted by atomic mass is 10.1. The van der Waals surface area contributed by atoms with E-state index >= 15 is 0 Å². The summed E-state index contributed by atoms with van der Waals surface area (Å²) in [7, 11) is 0. The number of fused-ring (bicyclic) bond motifs is 1. The van der Waals surface area contributed by atoms with Gasteiger partial charge in [-0.15, -0.1) is 0 Å². The van der Waals surface area contributed by atoms with Gasteiger partial charge in [0.2, 0.25) is 5.91 Å². The highest BCUT2D eigenvalue weighted by atomic mass is 32.2. The Hall–Kier alpha value is -3.10. The van der Waals surface area contributed by atoms with Crippen LogP contribution >= 0.6 is 11.8 Å². The van der Waals surface area contributed by atoms with Crippen molar-refractivity contribution >= 4 is 40.0 Å². The Bertz CT molecular complexity index is 1150. The molecule has 2 fully saturated rings. The Morgan fingerprint density at radius 1 is 0.973 bits per heavy atom. The topological polar surface area (TPSA) is 107 Å². The Morgan fingerprint density at radius 2 is 1.68 bits per heavy atom. The van der Waals surface area contributed by atoms with Crippen LogP contribution in [0.3, 0.4) is 0 Å². The molecule has 37 heavy (non-hydrogen) atoms. The zero-order valence-corrected chi connectivity index (χ0v) is 21.7. The van der Waals surface area contributed by atoms with Gasteiger partial charge in [0.15, 0.2) is 0 Å². The number of carbonyl (C=O) groups is 2. The number of rotatable bonds is 10. The molecule has 9 nitrogen and oxygen atoms in total. The predicted octanol–water partition coefficient (Wildman–Crippen LogP) is 2.42. The van der Waals surface area contributed by atoms with Gasteiger partial charge in [0, 0.05) is 38.4 Å². The van der Waals surface area contributed by atoms with Crippen molar-refractivity contribution in [3.8, 4) is 6.07 Å². The van der Waals surface area contributed by atoms with E-state index in [2.05, 4.69) is 21.6 Å². The van der Waals surface area contributed by atoms with E-state index in [1.165, 1.54) is 11.8 Å². The molecule has 0 unspecified atom stereocenters. The van der Waals surface area contributed by atoms with E-state index in [1.807, 2.05) is 42.5 Å². The smallest absolute Gasteiger partial charge is 0.267 e. The van der Waals surface area contributed by atoms with Gasteiger partial charge in [-0.25, -0.2) is 0 Å². The lowest BCUT2D eigenvalue weighted by molar-refractivity contribution is -0.130. The first-order chi connectivity index (χ1) is 18.1. The van der Waals surface area contributed by atoms with Crippen LogP contribution in [-0.2, 0) is 19.1 Å². The lowest BCUT2D eigenvalue weighted by Crippen LogP contribution is -2.42. The summed E-state index contributed by atoms with van der Waals surface area (Å²) in [4.78, 5) is 29.9. The van der Waals surface area contributed by atoms with Gasteiger partial charge in [-0.05, 0) is 35.9 Å². The van der Waals surface area contributed by atoms with Gasteiger partial charge in [0.05, 0.1) is 37.2 Å². The van der Waals surface area contributed by atoms with Crippen LogP contribution < -0.4 is 10.6 Å². The molecular weight excluding hydrogens is 490 g/mol. The van der Waals surface area contributed by atoms with Crippen molar-refractivity contribution < 1.29 is 19.1 Å². The number of hydrogen-bond donors (Lipinski definition) is 2. The van der Waals surface area contributed by atoms with E-state index in [0.29, 0.717) is 43.6 Å². The number of nitrogens with one attached hydrogen (secondary N) is 2. The molecule has 0 atom stereocenters. The molecule has 0 spiro atoms. The van der Waals surface area contributed by atoms with Gasteiger partial charge in [-0.2, -0.15) is 5.26 Å². The summed E-state index contributed by atoms with van der Waals surface area (Å²) in [5.41, 5.74) is 0.745. The first-order valence-electron chi connectivity index (χ1n) is 12.6. The monoisotopic (exact) mass is 523 g/mol. The minimum Gasteiger partial charge on any atom is -0.379 e. The Kier molecular flexibility index (Phi) is 10.2. The second-order valence-corrected chi connectivity index (χ2v) is 9.84. The molecule has 4 rings (SSSR count). The fourth-order valence-corrected chi connectivity index (χ4v) is 5.09.